The molecule has 4 rings (SSSR count). The van der Waals surface area contributed by atoms with Crippen LogP contribution < -0.4 is 4.90 Å². The fourth-order valence-electron chi connectivity index (χ4n) is 5.40. The predicted molar refractivity (Wildman–Crippen MR) is 126 cm³/mol. The largest absolute Gasteiger partial charge is 0.369 e. The highest BCUT2D eigenvalue weighted by Gasteiger charge is 2.39. The fourth-order valence-corrected chi connectivity index (χ4v) is 7.11. The number of carbonyl (C=O) groups excluding carboxylic acids is 2. The summed E-state index contributed by atoms with van der Waals surface area (Å²) in [6.07, 6.45) is 6.01. The van der Waals surface area contributed by atoms with Gasteiger partial charge in [0.2, 0.25) is 5.91 Å². The highest BCUT2D eigenvalue weighted by atomic mass is 32.2. The number of carbonyl (C=O) groups is 2. The zero-order valence-electron chi connectivity index (χ0n) is 19.0. The highest BCUT2D eigenvalue weighted by molar-refractivity contribution is 7.91. The molecule has 1 amide bonds. The number of Topliss-reactive ketones (excluding diaryl/α,β-unsaturated/α-hetero) is 1. The van der Waals surface area contributed by atoms with Crippen LogP contribution in [-0.2, 0) is 14.6 Å². The number of benzene rings is 1. The molecule has 8 heteroatoms. The third-order valence-corrected chi connectivity index (χ3v) is 8.98. The molecule has 0 radical (unpaired) electrons. The van der Waals surface area contributed by atoms with Gasteiger partial charge in [-0.2, -0.15) is 0 Å². The first-order valence-electron chi connectivity index (χ1n) is 11.9. The second kappa shape index (κ2) is 9.91. The lowest BCUT2D eigenvalue weighted by atomic mass is 9.92. The molecule has 1 atom stereocenters. The molecular formula is C24H35N3O4S. The van der Waals surface area contributed by atoms with E-state index in [1.165, 1.54) is 6.42 Å². The molecular weight excluding hydrogens is 426 g/mol. The van der Waals surface area contributed by atoms with Crippen molar-refractivity contribution in [2.45, 2.75) is 57.5 Å². The summed E-state index contributed by atoms with van der Waals surface area (Å²) in [6, 6.07) is 7.75. The summed E-state index contributed by atoms with van der Waals surface area (Å²) in [5, 5.41) is 0. The molecule has 0 aromatic heterocycles. The molecule has 2 saturated heterocycles. The first-order valence-corrected chi connectivity index (χ1v) is 13.7. The van der Waals surface area contributed by atoms with E-state index in [0.29, 0.717) is 13.0 Å². The Morgan fingerprint density at radius 1 is 0.938 bits per heavy atom. The molecule has 1 aromatic rings. The zero-order chi connectivity index (χ0) is 22.7. The van der Waals surface area contributed by atoms with Gasteiger partial charge in [-0.3, -0.25) is 14.5 Å². The number of sulfone groups is 1. The van der Waals surface area contributed by atoms with Crippen LogP contribution in [0.5, 0.6) is 0 Å². The molecule has 3 fully saturated rings. The summed E-state index contributed by atoms with van der Waals surface area (Å²) in [6.45, 7) is 5.18. The van der Waals surface area contributed by atoms with Crippen LogP contribution in [0.25, 0.3) is 0 Å². The Hall–Kier alpha value is -1.93. The first kappa shape index (κ1) is 23.2. The molecule has 0 unspecified atom stereocenters. The second-order valence-corrected chi connectivity index (χ2v) is 11.7. The Bertz CT molecular complexity index is 917. The van der Waals surface area contributed by atoms with E-state index in [4.69, 9.17) is 0 Å². The monoisotopic (exact) mass is 461 g/mol. The summed E-state index contributed by atoms with van der Waals surface area (Å²) >= 11 is 0. The van der Waals surface area contributed by atoms with E-state index < -0.39 is 9.84 Å². The topological polar surface area (TPSA) is 78.0 Å². The SMILES string of the molecule is CC(=O)c1ccc(N2CCN(CC(=O)N(C3CCCCC3)[C@H]3CCS(=O)(=O)C3)CC2)cc1. The van der Waals surface area contributed by atoms with Gasteiger partial charge in [-0.25, -0.2) is 8.42 Å². The molecule has 2 aliphatic heterocycles. The van der Waals surface area contributed by atoms with Gasteiger partial charge >= 0.3 is 0 Å². The maximum Gasteiger partial charge on any atom is 0.237 e. The van der Waals surface area contributed by atoms with E-state index in [9.17, 15) is 18.0 Å². The molecule has 0 bridgehead atoms. The van der Waals surface area contributed by atoms with Gasteiger partial charge < -0.3 is 9.80 Å². The Morgan fingerprint density at radius 3 is 2.16 bits per heavy atom. The van der Waals surface area contributed by atoms with Gasteiger partial charge in [0.15, 0.2) is 15.6 Å². The minimum Gasteiger partial charge on any atom is -0.369 e. The molecule has 7 nitrogen and oxygen atoms in total. The van der Waals surface area contributed by atoms with E-state index in [0.717, 1.165) is 63.1 Å². The van der Waals surface area contributed by atoms with Gasteiger partial charge in [0, 0.05) is 49.5 Å². The van der Waals surface area contributed by atoms with E-state index in [1.807, 2.05) is 29.2 Å². The molecule has 1 aromatic carbocycles. The van der Waals surface area contributed by atoms with Crippen LogP contribution in [0.15, 0.2) is 24.3 Å². The van der Waals surface area contributed by atoms with Crippen molar-refractivity contribution >= 4 is 27.2 Å². The van der Waals surface area contributed by atoms with Crippen LogP contribution in [0, 0.1) is 0 Å². The molecule has 1 aliphatic carbocycles. The lowest BCUT2D eigenvalue weighted by molar-refractivity contribution is -0.137. The number of nitrogens with zero attached hydrogens (tertiary/aromatic N) is 3. The van der Waals surface area contributed by atoms with Gasteiger partial charge in [0.25, 0.3) is 0 Å². The lowest BCUT2D eigenvalue weighted by Gasteiger charge is -2.41. The van der Waals surface area contributed by atoms with Crippen LogP contribution in [0.4, 0.5) is 5.69 Å². The Balaban J connectivity index is 1.36. The molecule has 1 saturated carbocycles. The number of hydrogen-bond donors (Lipinski definition) is 0. The number of amides is 1. The standard InChI is InChI=1S/C24H35N3O4S/c1-19(28)20-7-9-21(10-8-20)26-14-12-25(13-15-26)17-24(29)27(22-5-3-2-4-6-22)23-11-16-32(30,31)18-23/h7-10,22-23H,2-6,11-18H2,1H3/t23-/m0/s1. The average Bonchev–Trinajstić information content (AvgIpc) is 3.14. The van der Waals surface area contributed by atoms with E-state index >= 15 is 0 Å². The Labute approximate surface area is 191 Å². The second-order valence-electron chi connectivity index (χ2n) is 9.52. The number of hydrogen-bond acceptors (Lipinski definition) is 6. The van der Waals surface area contributed by atoms with Crippen LogP contribution >= 0.6 is 0 Å². The van der Waals surface area contributed by atoms with Gasteiger partial charge in [-0.15, -0.1) is 0 Å². The number of ketones is 1. The zero-order valence-corrected chi connectivity index (χ0v) is 19.9. The molecule has 3 aliphatic rings. The number of anilines is 1. The van der Waals surface area contributed by atoms with Crippen LogP contribution in [0.1, 0.15) is 55.8 Å². The minimum absolute atomic E-state index is 0.0671. The Morgan fingerprint density at radius 2 is 1.59 bits per heavy atom. The van der Waals surface area contributed by atoms with Crippen molar-refractivity contribution in [1.82, 2.24) is 9.80 Å². The Kier molecular flexibility index (Phi) is 7.20. The van der Waals surface area contributed by atoms with Gasteiger partial charge in [-0.05, 0) is 50.5 Å². The predicted octanol–water partition coefficient (Wildman–Crippen LogP) is 2.36. The summed E-state index contributed by atoms with van der Waals surface area (Å²) in [5.74, 6) is 0.491. The van der Waals surface area contributed by atoms with Gasteiger partial charge in [0.05, 0.1) is 18.1 Å². The molecule has 2 heterocycles. The van der Waals surface area contributed by atoms with E-state index in [2.05, 4.69) is 9.80 Å². The van der Waals surface area contributed by atoms with Crippen molar-refractivity contribution in [1.29, 1.82) is 0 Å². The van der Waals surface area contributed by atoms with Crippen LogP contribution in [0.3, 0.4) is 0 Å². The van der Waals surface area contributed by atoms with Crippen molar-refractivity contribution in [2.24, 2.45) is 0 Å². The normalized spacial score (nSPS) is 24.4. The van der Waals surface area contributed by atoms with Gasteiger partial charge in [0.1, 0.15) is 0 Å². The molecule has 32 heavy (non-hydrogen) atoms. The average molecular weight is 462 g/mol. The summed E-state index contributed by atoms with van der Waals surface area (Å²) in [5.41, 5.74) is 1.82. The summed E-state index contributed by atoms with van der Waals surface area (Å²) in [4.78, 5) is 31.3. The quantitative estimate of drug-likeness (QED) is 0.606. The fraction of sp³-hybridized carbons (Fsp3) is 0.667. The highest BCUT2D eigenvalue weighted by Crippen LogP contribution is 2.29. The number of rotatable bonds is 6. The van der Waals surface area contributed by atoms with Crippen molar-refractivity contribution in [3.05, 3.63) is 29.8 Å². The maximum atomic E-state index is 13.4. The summed E-state index contributed by atoms with van der Waals surface area (Å²) in [7, 11) is -3.03. The number of piperazine rings is 1. The van der Waals surface area contributed by atoms with Crippen molar-refractivity contribution in [3.63, 3.8) is 0 Å². The summed E-state index contributed by atoms with van der Waals surface area (Å²) < 4.78 is 24.2. The van der Waals surface area contributed by atoms with Crippen molar-refractivity contribution < 1.29 is 18.0 Å². The maximum absolute atomic E-state index is 13.4. The van der Waals surface area contributed by atoms with Crippen LogP contribution in [0.2, 0.25) is 0 Å². The van der Waals surface area contributed by atoms with Crippen LogP contribution in [-0.4, -0.2) is 86.2 Å². The lowest BCUT2D eigenvalue weighted by Crippen LogP contribution is -2.54. The van der Waals surface area contributed by atoms with E-state index in [1.54, 1.807) is 6.92 Å². The van der Waals surface area contributed by atoms with Crippen molar-refractivity contribution in [2.75, 3.05) is 49.1 Å². The molecule has 0 spiro atoms. The molecule has 0 N–H and O–H groups in total. The third kappa shape index (κ3) is 5.52. The first-order chi connectivity index (χ1) is 15.3. The van der Waals surface area contributed by atoms with Gasteiger partial charge in [-0.1, -0.05) is 19.3 Å². The third-order valence-electron chi connectivity index (χ3n) is 7.23. The smallest absolute Gasteiger partial charge is 0.237 e. The van der Waals surface area contributed by atoms with E-state index in [-0.39, 0.29) is 35.3 Å². The van der Waals surface area contributed by atoms with Crippen molar-refractivity contribution in [3.8, 4) is 0 Å². The molecule has 176 valence electrons. The minimum atomic E-state index is -3.03.